The van der Waals surface area contributed by atoms with Gasteiger partial charge in [-0.15, -0.1) is 0 Å². The minimum absolute atomic E-state index is 0.915. The van der Waals surface area contributed by atoms with Crippen LogP contribution < -0.4 is 4.90 Å². The first-order valence-electron chi connectivity index (χ1n) is 11.3. The number of hydrogen-bond donors (Lipinski definition) is 3. The summed E-state index contributed by atoms with van der Waals surface area (Å²) in [6.07, 6.45) is 13.1. The molecule has 8 bridgehead atoms. The van der Waals surface area contributed by atoms with Gasteiger partial charge in [0.05, 0.1) is 35.5 Å². The highest BCUT2D eigenvalue weighted by Gasteiger charge is 2.13. The molecule has 3 N–H and O–H groups in total. The minimum Gasteiger partial charge on any atom is -0.355 e. The first-order valence-corrected chi connectivity index (χ1v) is 11.3. The SMILES string of the molecule is C1=Cc2cc3ccc(cc4ccc(cc5nc(cc1n2)C=C5)[nH]4)[nH]3.CCC1=NC=C[NH+]1CC. The molecule has 0 saturated heterocycles. The number of rotatable bonds is 2. The Balaban J connectivity index is 0.000000215. The molecule has 0 saturated carbocycles. The van der Waals surface area contributed by atoms with Gasteiger partial charge in [0, 0.05) is 28.5 Å². The molecular formula is C27H27N6+. The molecule has 6 heteroatoms. The van der Waals surface area contributed by atoms with E-state index in [1.165, 1.54) is 10.7 Å². The molecule has 3 aliphatic heterocycles. The van der Waals surface area contributed by atoms with E-state index >= 15 is 0 Å². The molecule has 1 unspecified atom stereocenters. The number of hydrogen-bond acceptors (Lipinski definition) is 3. The van der Waals surface area contributed by atoms with Gasteiger partial charge >= 0.3 is 0 Å². The Labute approximate surface area is 192 Å². The summed E-state index contributed by atoms with van der Waals surface area (Å²) in [6.45, 7) is 5.42. The van der Waals surface area contributed by atoms with Gasteiger partial charge in [-0.2, -0.15) is 0 Å². The van der Waals surface area contributed by atoms with Crippen LogP contribution in [-0.4, -0.2) is 32.3 Å². The second kappa shape index (κ2) is 9.22. The first-order chi connectivity index (χ1) is 16.2. The average molecular weight is 436 g/mol. The van der Waals surface area contributed by atoms with E-state index in [0.29, 0.717) is 0 Å². The van der Waals surface area contributed by atoms with Crippen LogP contribution in [0.25, 0.3) is 46.4 Å². The van der Waals surface area contributed by atoms with Crippen LogP contribution in [-0.2, 0) is 0 Å². The zero-order chi connectivity index (χ0) is 22.6. The number of fused-ring (bicyclic) bond motifs is 8. The topological polar surface area (TPSA) is 74.2 Å². The maximum absolute atomic E-state index is 4.62. The number of aromatic amines is 2. The lowest BCUT2D eigenvalue weighted by molar-refractivity contribution is -0.743. The fourth-order valence-corrected chi connectivity index (χ4v) is 3.98. The van der Waals surface area contributed by atoms with Crippen molar-refractivity contribution >= 4 is 52.2 Å². The summed E-state index contributed by atoms with van der Waals surface area (Å²) < 4.78 is 0. The third-order valence-corrected chi connectivity index (χ3v) is 5.63. The molecule has 33 heavy (non-hydrogen) atoms. The number of aromatic nitrogens is 4. The van der Waals surface area contributed by atoms with Gasteiger partial charge in [-0.05, 0) is 79.8 Å². The van der Waals surface area contributed by atoms with Crippen LogP contribution in [0.5, 0.6) is 0 Å². The highest BCUT2D eigenvalue weighted by atomic mass is 15.2. The van der Waals surface area contributed by atoms with Crippen LogP contribution in [0.4, 0.5) is 0 Å². The van der Waals surface area contributed by atoms with Gasteiger partial charge in [0.2, 0.25) is 5.84 Å². The molecule has 0 fully saturated rings. The zero-order valence-electron chi connectivity index (χ0n) is 18.8. The molecule has 3 aromatic heterocycles. The monoisotopic (exact) mass is 435 g/mol. The molecule has 1 atom stereocenters. The molecule has 6 nitrogen and oxygen atoms in total. The standard InChI is InChI=1S/C20H14N4.C7H12N2/c1-2-14-10-16-5-6-18(23-16)12-20-8-7-19(24-20)11-17-4-3-15(22-17)9-13(1)21-14;1-3-7-8-5-6-9(7)4-2/h1-12,21-22H;5-6H,3-4H2,1-2H3/p+1. The molecule has 6 rings (SSSR count). The average Bonchev–Trinajstić information content (AvgIpc) is 3.62. The maximum atomic E-state index is 4.62. The van der Waals surface area contributed by atoms with Crippen molar-refractivity contribution in [2.45, 2.75) is 20.3 Å². The predicted molar refractivity (Wildman–Crippen MR) is 137 cm³/mol. The number of amidine groups is 1. The lowest BCUT2D eigenvalue weighted by atomic mass is 10.3. The van der Waals surface area contributed by atoms with Gasteiger partial charge in [-0.25, -0.2) is 15.0 Å². The molecule has 164 valence electrons. The smallest absolute Gasteiger partial charge is 0.205 e. The summed E-state index contributed by atoms with van der Waals surface area (Å²) in [4.78, 5) is 21.6. The molecular weight excluding hydrogens is 408 g/mol. The Morgan fingerprint density at radius 1 is 0.667 bits per heavy atom. The van der Waals surface area contributed by atoms with Crippen molar-refractivity contribution in [2.75, 3.05) is 6.54 Å². The van der Waals surface area contributed by atoms with Crippen molar-refractivity contribution in [3.8, 4) is 0 Å². The summed E-state index contributed by atoms with van der Waals surface area (Å²) >= 11 is 0. The molecule has 0 aliphatic carbocycles. The molecule has 0 amide bonds. The fraction of sp³-hybridized carbons (Fsp3) is 0.148. The fourth-order valence-electron chi connectivity index (χ4n) is 3.98. The summed E-state index contributed by atoms with van der Waals surface area (Å²) in [6, 6.07) is 16.4. The van der Waals surface area contributed by atoms with E-state index in [4.69, 9.17) is 0 Å². The number of nitrogens with one attached hydrogen (secondary N) is 3. The number of aliphatic imine (C=N–C) groups is 1. The number of nitrogens with zero attached hydrogens (tertiary/aromatic N) is 3. The normalized spacial score (nSPS) is 15.9. The van der Waals surface area contributed by atoms with E-state index in [-0.39, 0.29) is 0 Å². The van der Waals surface area contributed by atoms with E-state index in [1.807, 2.05) is 48.7 Å². The van der Waals surface area contributed by atoms with E-state index in [0.717, 1.165) is 57.8 Å². The quantitative estimate of drug-likeness (QED) is 0.371. The molecule has 0 aromatic carbocycles. The van der Waals surface area contributed by atoms with Gasteiger partial charge in [-0.1, -0.05) is 6.92 Å². The Morgan fingerprint density at radius 3 is 1.61 bits per heavy atom. The van der Waals surface area contributed by atoms with Crippen molar-refractivity contribution in [1.82, 2.24) is 19.9 Å². The van der Waals surface area contributed by atoms with Crippen molar-refractivity contribution in [3.05, 3.63) is 83.7 Å². The van der Waals surface area contributed by atoms with E-state index in [2.05, 4.69) is 75.3 Å². The van der Waals surface area contributed by atoms with Crippen LogP contribution in [0.1, 0.15) is 43.0 Å². The van der Waals surface area contributed by atoms with Crippen LogP contribution in [0.3, 0.4) is 0 Å². The number of H-pyrrole nitrogens is 2. The molecule has 0 spiro atoms. The van der Waals surface area contributed by atoms with Crippen LogP contribution in [0, 0.1) is 0 Å². The third kappa shape index (κ3) is 4.91. The van der Waals surface area contributed by atoms with Crippen molar-refractivity contribution < 1.29 is 4.90 Å². The van der Waals surface area contributed by atoms with Crippen LogP contribution in [0.15, 0.2) is 65.9 Å². The molecule has 6 heterocycles. The zero-order valence-corrected chi connectivity index (χ0v) is 18.8. The summed E-state index contributed by atoms with van der Waals surface area (Å²) in [5.74, 6) is 1.26. The van der Waals surface area contributed by atoms with Gasteiger partial charge in [-0.3, -0.25) is 4.90 Å². The predicted octanol–water partition coefficient (Wildman–Crippen LogP) is 4.84. The highest BCUT2D eigenvalue weighted by molar-refractivity contribution is 5.77. The lowest BCUT2D eigenvalue weighted by Gasteiger charge is -2.06. The summed E-state index contributed by atoms with van der Waals surface area (Å²) in [5.41, 5.74) is 7.86. The number of quaternary nitrogens is 1. The van der Waals surface area contributed by atoms with Crippen molar-refractivity contribution in [3.63, 3.8) is 0 Å². The van der Waals surface area contributed by atoms with Gasteiger partial charge in [0.1, 0.15) is 6.20 Å². The largest absolute Gasteiger partial charge is 0.355 e. The Hall–Kier alpha value is -4.03. The van der Waals surface area contributed by atoms with Gasteiger partial charge in [0.15, 0.2) is 0 Å². The Bertz CT molecular complexity index is 1360. The second-order valence-corrected chi connectivity index (χ2v) is 8.03. The van der Waals surface area contributed by atoms with E-state index in [9.17, 15) is 0 Å². The first kappa shape index (κ1) is 20.8. The minimum atomic E-state index is 0.915. The molecule has 0 radical (unpaired) electrons. The molecule has 3 aliphatic rings. The van der Waals surface area contributed by atoms with Crippen LogP contribution in [0.2, 0.25) is 0 Å². The Morgan fingerprint density at radius 2 is 1.15 bits per heavy atom. The Kier molecular flexibility index (Phi) is 5.83. The van der Waals surface area contributed by atoms with E-state index in [1.54, 1.807) is 0 Å². The summed E-state index contributed by atoms with van der Waals surface area (Å²) in [5, 5.41) is 0. The van der Waals surface area contributed by atoms with Crippen molar-refractivity contribution in [1.29, 1.82) is 0 Å². The maximum Gasteiger partial charge on any atom is 0.205 e. The van der Waals surface area contributed by atoms with Gasteiger partial charge < -0.3 is 9.97 Å². The van der Waals surface area contributed by atoms with Crippen molar-refractivity contribution in [2.24, 2.45) is 4.99 Å². The lowest BCUT2D eigenvalue weighted by Crippen LogP contribution is -3.08. The van der Waals surface area contributed by atoms with Crippen LogP contribution >= 0.6 is 0 Å². The third-order valence-electron chi connectivity index (χ3n) is 5.63. The second-order valence-electron chi connectivity index (χ2n) is 8.03. The molecule has 3 aromatic rings. The summed E-state index contributed by atoms with van der Waals surface area (Å²) in [7, 11) is 0. The highest BCUT2D eigenvalue weighted by Crippen LogP contribution is 2.17. The van der Waals surface area contributed by atoms with Gasteiger partial charge in [0.25, 0.3) is 0 Å². The van der Waals surface area contributed by atoms with E-state index < -0.39 is 0 Å².